The number of aryl methyl sites for hydroxylation is 1. The standard InChI is InChI=1S/C17H21N7OS/c1-22-8-10-23(11-9-22)14-4-2-13(3-5-14)19-15(25)6-7-16-21-24-12-18-20-17(24)26-16/h2-5,12H,6-11H2,1H3,(H,19,25). The Labute approximate surface area is 155 Å². The van der Waals surface area contributed by atoms with Crippen molar-refractivity contribution in [2.45, 2.75) is 12.8 Å². The molecule has 136 valence electrons. The molecule has 3 heterocycles. The molecule has 0 atom stereocenters. The van der Waals surface area contributed by atoms with Gasteiger partial charge >= 0.3 is 0 Å². The number of benzene rings is 1. The molecule has 0 aliphatic carbocycles. The first-order valence-corrected chi connectivity index (χ1v) is 9.48. The summed E-state index contributed by atoms with van der Waals surface area (Å²) in [6, 6.07) is 8.08. The van der Waals surface area contributed by atoms with Gasteiger partial charge in [-0.1, -0.05) is 11.3 Å². The Hall–Kier alpha value is -2.52. The fraction of sp³-hybridized carbons (Fsp3) is 0.412. The first-order chi connectivity index (χ1) is 12.7. The minimum Gasteiger partial charge on any atom is -0.369 e. The van der Waals surface area contributed by atoms with Crippen LogP contribution in [0.15, 0.2) is 30.6 Å². The number of fused-ring (bicyclic) bond motifs is 1. The summed E-state index contributed by atoms with van der Waals surface area (Å²) in [5, 5.41) is 15.9. The molecule has 0 radical (unpaired) electrons. The van der Waals surface area contributed by atoms with Crippen molar-refractivity contribution >= 4 is 33.6 Å². The molecule has 1 aromatic carbocycles. The molecule has 4 rings (SSSR count). The van der Waals surface area contributed by atoms with Gasteiger partial charge in [0.05, 0.1) is 0 Å². The lowest BCUT2D eigenvalue weighted by Crippen LogP contribution is -2.44. The largest absolute Gasteiger partial charge is 0.369 e. The number of hydrogen-bond donors (Lipinski definition) is 1. The molecule has 3 aromatic rings. The number of piperazine rings is 1. The quantitative estimate of drug-likeness (QED) is 0.732. The van der Waals surface area contributed by atoms with E-state index in [0.717, 1.165) is 41.8 Å². The van der Waals surface area contributed by atoms with Gasteiger partial charge in [0.25, 0.3) is 0 Å². The molecule has 0 unspecified atom stereocenters. The fourth-order valence-electron chi connectivity index (χ4n) is 2.97. The normalized spacial score (nSPS) is 15.5. The number of likely N-dealkylation sites (N-methyl/N-ethyl adjacent to an activating group) is 1. The van der Waals surface area contributed by atoms with Crippen LogP contribution in [0.3, 0.4) is 0 Å². The van der Waals surface area contributed by atoms with E-state index in [1.54, 1.807) is 10.8 Å². The minimum absolute atomic E-state index is 0.0108. The van der Waals surface area contributed by atoms with Gasteiger partial charge in [-0.15, -0.1) is 10.2 Å². The van der Waals surface area contributed by atoms with E-state index in [-0.39, 0.29) is 5.91 Å². The van der Waals surface area contributed by atoms with Crippen molar-refractivity contribution in [1.82, 2.24) is 24.7 Å². The number of hydrogen-bond acceptors (Lipinski definition) is 7. The third-order valence-corrected chi connectivity index (χ3v) is 5.49. The third-order valence-electron chi connectivity index (χ3n) is 4.51. The Morgan fingerprint density at radius 1 is 1.19 bits per heavy atom. The van der Waals surface area contributed by atoms with Crippen molar-refractivity contribution in [3.8, 4) is 0 Å². The zero-order valence-electron chi connectivity index (χ0n) is 14.6. The second-order valence-corrected chi connectivity index (χ2v) is 7.48. The van der Waals surface area contributed by atoms with Crippen LogP contribution in [0.25, 0.3) is 4.96 Å². The van der Waals surface area contributed by atoms with Crippen LogP contribution in [-0.2, 0) is 11.2 Å². The van der Waals surface area contributed by atoms with Crippen LogP contribution in [0.5, 0.6) is 0 Å². The molecule has 26 heavy (non-hydrogen) atoms. The van der Waals surface area contributed by atoms with E-state index >= 15 is 0 Å². The van der Waals surface area contributed by atoms with Crippen LogP contribution in [0.1, 0.15) is 11.4 Å². The van der Waals surface area contributed by atoms with Crippen LogP contribution in [-0.4, -0.2) is 63.8 Å². The van der Waals surface area contributed by atoms with Gasteiger partial charge in [0, 0.05) is 50.4 Å². The molecular formula is C17H21N7OS. The predicted octanol–water partition coefficient (Wildman–Crippen LogP) is 1.51. The highest BCUT2D eigenvalue weighted by Gasteiger charge is 2.14. The Balaban J connectivity index is 1.29. The second-order valence-electron chi connectivity index (χ2n) is 6.44. The van der Waals surface area contributed by atoms with Gasteiger partial charge in [0.15, 0.2) is 0 Å². The highest BCUT2D eigenvalue weighted by Crippen LogP contribution is 2.20. The lowest BCUT2D eigenvalue weighted by Gasteiger charge is -2.34. The maximum atomic E-state index is 12.2. The van der Waals surface area contributed by atoms with E-state index in [1.165, 1.54) is 17.0 Å². The number of rotatable bonds is 5. The highest BCUT2D eigenvalue weighted by molar-refractivity contribution is 7.16. The number of carbonyl (C=O) groups is 1. The molecule has 0 saturated carbocycles. The zero-order valence-corrected chi connectivity index (χ0v) is 15.4. The summed E-state index contributed by atoms with van der Waals surface area (Å²) in [4.78, 5) is 17.6. The van der Waals surface area contributed by atoms with Crippen LogP contribution in [0, 0.1) is 0 Å². The molecule has 1 aliphatic heterocycles. The molecule has 9 heteroatoms. The number of nitrogens with one attached hydrogen (secondary N) is 1. The summed E-state index contributed by atoms with van der Waals surface area (Å²) in [5.74, 6) is -0.0108. The Bertz CT molecular complexity index is 852. The minimum atomic E-state index is -0.0108. The van der Waals surface area contributed by atoms with E-state index in [1.807, 2.05) is 12.1 Å². The molecular weight excluding hydrogens is 350 g/mol. The molecule has 1 amide bonds. The summed E-state index contributed by atoms with van der Waals surface area (Å²) in [7, 11) is 2.15. The first kappa shape index (κ1) is 16.9. The SMILES string of the molecule is CN1CCN(c2ccc(NC(=O)CCc3nn4cnnc4s3)cc2)CC1. The van der Waals surface area contributed by atoms with Gasteiger partial charge in [-0.05, 0) is 31.3 Å². The Kier molecular flexibility index (Phi) is 4.81. The maximum absolute atomic E-state index is 12.2. The van der Waals surface area contributed by atoms with Crippen LogP contribution < -0.4 is 10.2 Å². The number of nitrogens with zero attached hydrogens (tertiary/aromatic N) is 6. The zero-order chi connectivity index (χ0) is 17.9. The number of aromatic nitrogens is 4. The molecule has 1 aliphatic rings. The fourth-order valence-corrected chi connectivity index (χ4v) is 3.78. The number of amides is 1. The first-order valence-electron chi connectivity index (χ1n) is 8.66. The van der Waals surface area contributed by atoms with Gasteiger partial charge in [-0.25, -0.2) is 0 Å². The van der Waals surface area contributed by atoms with E-state index in [4.69, 9.17) is 0 Å². The van der Waals surface area contributed by atoms with Crippen molar-refractivity contribution in [3.05, 3.63) is 35.6 Å². The van der Waals surface area contributed by atoms with Crippen molar-refractivity contribution in [2.75, 3.05) is 43.4 Å². The van der Waals surface area contributed by atoms with Crippen molar-refractivity contribution in [3.63, 3.8) is 0 Å². The highest BCUT2D eigenvalue weighted by atomic mass is 32.1. The van der Waals surface area contributed by atoms with Gasteiger partial charge in [-0.2, -0.15) is 9.61 Å². The van der Waals surface area contributed by atoms with Crippen molar-refractivity contribution < 1.29 is 4.79 Å². The van der Waals surface area contributed by atoms with E-state index in [2.05, 4.69) is 49.6 Å². The van der Waals surface area contributed by atoms with E-state index in [0.29, 0.717) is 12.8 Å². The average Bonchev–Trinajstić information content (AvgIpc) is 3.23. The van der Waals surface area contributed by atoms with Gasteiger partial charge in [0.2, 0.25) is 10.9 Å². The Morgan fingerprint density at radius 3 is 2.69 bits per heavy atom. The monoisotopic (exact) mass is 371 g/mol. The van der Waals surface area contributed by atoms with Crippen LogP contribution in [0.4, 0.5) is 11.4 Å². The summed E-state index contributed by atoms with van der Waals surface area (Å²) >= 11 is 1.46. The van der Waals surface area contributed by atoms with Crippen LogP contribution >= 0.6 is 11.3 Å². The lowest BCUT2D eigenvalue weighted by atomic mass is 10.2. The second kappa shape index (κ2) is 7.38. The maximum Gasteiger partial charge on any atom is 0.234 e. The molecule has 1 N–H and O–H groups in total. The third kappa shape index (κ3) is 3.83. The van der Waals surface area contributed by atoms with E-state index < -0.39 is 0 Å². The summed E-state index contributed by atoms with van der Waals surface area (Å²) in [5.41, 5.74) is 2.03. The summed E-state index contributed by atoms with van der Waals surface area (Å²) in [6.07, 6.45) is 2.56. The molecule has 8 nitrogen and oxygen atoms in total. The summed E-state index contributed by atoms with van der Waals surface area (Å²) in [6.45, 7) is 4.23. The average molecular weight is 371 g/mol. The van der Waals surface area contributed by atoms with Crippen molar-refractivity contribution in [2.24, 2.45) is 0 Å². The Morgan fingerprint density at radius 2 is 1.96 bits per heavy atom. The van der Waals surface area contributed by atoms with Gasteiger partial charge in [-0.3, -0.25) is 4.79 Å². The summed E-state index contributed by atoms with van der Waals surface area (Å²) < 4.78 is 1.63. The molecule has 0 spiro atoms. The lowest BCUT2D eigenvalue weighted by molar-refractivity contribution is -0.116. The van der Waals surface area contributed by atoms with E-state index in [9.17, 15) is 4.79 Å². The van der Waals surface area contributed by atoms with Crippen molar-refractivity contribution in [1.29, 1.82) is 0 Å². The molecule has 1 saturated heterocycles. The topological polar surface area (TPSA) is 78.7 Å². The molecule has 0 bridgehead atoms. The number of anilines is 2. The molecule has 2 aromatic heterocycles. The smallest absolute Gasteiger partial charge is 0.234 e. The molecule has 1 fully saturated rings. The van der Waals surface area contributed by atoms with Crippen LogP contribution in [0.2, 0.25) is 0 Å². The van der Waals surface area contributed by atoms with Gasteiger partial charge < -0.3 is 15.1 Å². The predicted molar refractivity (Wildman–Crippen MR) is 102 cm³/mol. The number of carbonyl (C=O) groups excluding carboxylic acids is 1. The van der Waals surface area contributed by atoms with Gasteiger partial charge in [0.1, 0.15) is 11.3 Å².